The van der Waals surface area contributed by atoms with E-state index >= 15 is 0 Å². The lowest BCUT2D eigenvalue weighted by Crippen LogP contribution is -2.35. The van der Waals surface area contributed by atoms with Crippen molar-refractivity contribution in [3.63, 3.8) is 0 Å². The Labute approximate surface area is 190 Å². The molecule has 1 amide bonds. The van der Waals surface area contributed by atoms with Gasteiger partial charge in [-0.15, -0.1) is 0 Å². The second-order valence-corrected chi connectivity index (χ2v) is 9.65. The fourth-order valence-electron chi connectivity index (χ4n) is 3.69. The lowest BCUT2D eigenvalue weighted by molar-refractivity contribution is 0.0693. The summed E-state index contributed by atoms with van der Waals surface area (Å²) in [5.74, 6) is -0.133. The molecule has 0 aromatic heterocycles. The molecule has 1 atom stereocenters. The maximum Gasteiger partial charge on any atom is 0.253 e. The molecule has 0 spiro atoms. The number of nitrogens with zero attached hydrogens (tertiary/aromatic N) is 1. The second kappa shape index (κ2) is 12.1. The van der Waals surface area contributed by atoms with E-state index in [9.17, 15) is 13.2 Å². The van der Waals surface area contributed by atoms with Crippen molar-refractivity contribution < 1.29 is 22.7 Å². The third-order valence-electron chi connectivity index (χ3n) is 5.53. The molecule has 2 aromatic carbocycles. The van der Waals surface area contributed by atoms with E-state index in [1.165, 1.54) is 17.7 Å². The van der Waals surface area contributed by atoms with Gasteiger partial charge < -0.3 is 14.4 Å². The number of hydrogen-bond acceptors (Lipinski definition) is 5. The van der Waals surface area contributed by atoms with Crippen LogP contribution in [-0.4, -0.2) is 65.3 Å². The normalized spacial score (nSPS) is 16.2. The molecule has 1 saturated heterocycles. The van der Waals surface area contributed by atoms with E-state index in [0.29, 0.717) is 31.9 Å². The summed E-state index contributed by atoms with van der Waals surface area (Å²) in [4.78, 5) is 14.9. The largest absolute Gasteiger partial charge is 0.383 e. The number of nitrogens with one attached hydrogen (secondary N) is 1. The van der Waals surface area contributed by atoms with Crippen LogP contribution in [0.3, 0.4) is 0 Å². The highest BCUT2D eigenvalue weighted by molar-refractivity contribution is 7.89. The van der Waals surface area contributed by atoms with Crippen molar-refractivity contribution in [1.29, 1.82) is 0 Å². The molecular weight excluding hydrogens is 428 g/mol. The van der Waals surface area contributed by atoms with E-state index in [-0.39, 0.29) is 23.5 Å². The van der Waals surface area contributed by atoms with Crippen LogP contribution in [0.2, 0.25) is 0 Å². The number of methoxy groups -OCH3 is 1. The van der Waals surface area contributed by atoms with Gasteiger partial charge in [-0.05, 0) is 55.5 Å². The van der Waals surface area contributed by atoms with Gasteiger partial charge in [0.1, 0.15) is 0 Å². The van der Waals surface area contributed by atoms with E-state index in [4.69, 9.17) is 9.47 Å². The molecule has 0 radical (unpaired) electrons. The molecule has 0 aliphatic carbocycles. The van der Waals surface area contributed by atoms with Crippen LogP contribution in [0.1, 0.15) is 35.2 Å². The zero-order valence-electron chi connectivity index (χ0n) is 18.5. The molecule has 32 heavy (non-hydrogen) atoms. The van der Waals surface area contributed by atoms with Crippen molar-refractivity contribution in [1.82, 2.24) is 9.62 Å². The number of aryl methyl sites for hydroxylation is 1. The average molecular weight is 461 g/mol. The minimum atomic E-state index is -3.64. The van der Waals surface area contributed by atoms with Gasteiger partial charge in [-0.1, -0.05) is 30.3 Å². The van der Waals surface area contributed by atoms with Crippen LogP contribution >= 0.6 is 0 Å². The highest BCUT2D eigenvalue weighted by Gasteiger charge is 2.21. The number of carbonyl (C=O) groups excluding carboxylic acids is 1. The van der Waals surface area contributed by atoms with Crippen LogP contribution in [0.15, 0.2) is 59.5 Å². The Hall–Kier alpha value is -2.26. The van der Waals surface area contributed by atoms with E-state index in [1.807, 2.05) is 18.2 Å². The number of carbonyl (C=O) groups is 1. The second-order valence-electron chi connectivity index (χ2n) is 7.89. The first-order chi connectivity index (χ1) is 15.5. The van der Waals surface area contributed by atoms with Gasteiger partial charge in [-0.3, -0.25) is 4.79 Å². The molecule has 3 rings (SSSR count). The third-order valence-corrected chi connectivity index (χ3v) is 6.96. The highest BCUT2D eigenvalue weighted by atomic mass is 32.2. The molecule has 1 aliphatic heterocycles. The number of ether oxygens (including phenoxy) is 2. The summed E-state index contributed by atoms with van der Waals surface area (Å²) in [7, 11) is -2.04. The topological polar surface area (TPSA) is 84.9 Å². The third kappa shape index (κ3) is 7.13. The number of hydrogen-bond donors (Lipinski definition) is 1. The van der Waals surface area contributed by atoms with Crippen molar-refractivity contribution >= 4 is 15.9 Å². The van der Waals surface area contributed by atoms with Crippen molar-refractivity contribution in [3.05, 3.63) is 65.7 Å². The van der Waals surface area contributed by atoms with Crippen molar-refractivity contribution in [2.75, 3.05) is 40.0 Å². The number of benzene rings is 2. The van der Waals surface area contributed by atoms with Gasteiger partial charge in [0.05, 0.1) is 17.6 Å². The van der Waals surface area contributed by atoms with Crippen LogP contribution in [0.25, 0.3) is 0 Å². The molecule has 0 saturated carbocycles. The molecule has 7 nitrogen and oxygen atoms in total. The highest BCUT2D eigenvalue weighted by Crippen LogP contribution is 2.15. The van der Waals surface area contributed by atoms with Crippen molar-refractivity contribution in [2.24, 2.45) is 0 Å². The molecule has 8 heteroatoms. The first kappa shape index (κ1) is 24.4. The summed E-state index contributed by atoms with van der Waals surface area (Å²) in [6, 6.07) is 16.2. The molecule has 0 bridgehead atoms. The minimum absolute atomic E-state index is 0.0733. The molecule has 1 aliphatic rings. The quantitative estimate of drug-likeness (QED) is 0.527. The number of amides is 1. The Kier molecular flexibility index (Phi) is 9.23. The van der Waals surface area contributed by atoms with Gasteiger partial charge >= 0.3 is 0 Å². The molecule has 1 unspecified atom stereocenters. The van der Waals surface area contributed by atoms with Crippen LogP contribution in [0, 0.1) is 0 Å². The smallest absolute Gasteiger partial charge is 0.253 e. The van der Waals surface area contributed by atoms with E-state index < -0.39 is 10.0 Å². The summed E-state index contributed by atoms with van der Waals surface area (Å²) in [6.45, 7) is 2.45. The maximum atomic E-state index is 13.0. The summed E-state index contributed by atoms with van der Waals surface area (Å²) in [5.41, 5.74) is 1.69. The Morgan fingerprint density at radius 3 is 2.53 bits per heavy atom. The first-order valence-electron chi connectivity index (χ1n) is 11.0. The molecule has 1 heterocycles. The van der Waals surface area contributed by atoms with Crippen LogP contribution < -0.4 is 4.72 Å². The summed E-state index contributed by atoms with van der Waals surface area (Å²) >= 11 is 0. The number of sulfonamides is 1. The van der Waals surface area contributed by atoms with Crippen LogP contribution in [-0.2, 0) is 25.9 Å². The average Bonchev–Trinajstić information content (AvgIpc) is 3.34. The number of rotatable bonds is 12. The Morgan fingerprint density at radius 1 is 1.12 bits per heavy atom. The monoisotopic (exact) mass is 460 g/mol. The minimum Gasteiger partial charge on any atom is -0.383 e. The lowest BCUT2D eigenvalue weighted by Gasteiger charge is -2.22. The zero-order chi connectivity index (χ0) is 22.8. The van der Waals surface area contributed by atoms with E-state index in [1.54, 1.807) is 24.1 Å². The molecule has 1 N–H and O–H groups in total. The van der Waals surface area contributed by atoms with Crippen LogP contribution in [0.4, 0.5) is 0 Å². The van der Waals surface area contributed by atoms with Gasteiger partial charge in [0.15, 0.2) is 0 Å². The predicted molar refractivity (Wildman–Crippen MR) is 123 cm³/mol. The molecular formula is C24H32N2O5S. The van der Waals surface area contributed by atoms with Gasteiger partial charge in [-0.25, -0.2) is 13.1 Å². The maximum absolute atomic E-state index is 13.0. The lowest BCUT2D eigenvalue weighted by atomic mass is 10.1. The Bertz CT molecular complexity index is 942. The first-order valence-corrected chi connectivity index (χ1v) is 12.5. The standard InChI is InChI=1S/C24H32N2O5S/c1-30-18-16-26(15-5-9-20-7-3-2-4-8-20)24(27)21-11-13-23(14-12-21)32(28,29)25-19-22-10-6-17-31-22/h2-4,7-8,11-14,22,25H,5-6,9-10,15-19H2,1H3. The zero-order valence-corrected chi connectivity index (χ0v) is 19.4. The fourth-order valence-corrected chi connectivity index (χ4v) is 4.75. The SMILES string of the molecule is COCCN(CCCc1ccccc1)C(=O)c1ccc(S(=O)(=O)NCC2CCCO2)cc1. The fraction of sp³-hybridized carbons (Fsp3) is 0.458. The molecule has 1 fully saturated rings. The molecule has 2 aromatic rings. The van der Waals surface area contributed by atoms with E-state index in [2.05, 4.69) is 16.9 Å². The van der Waals surface area contributed by atoms with Crippen molar-refractivity contribution in [3.8, 4) is 0 Å². The molecule has 174 valence electrons. The Balaban J connectivity index is 1.59. The predicted octanol–water partition coefficient (Wildman–Crippen LogP) is 2.87. The van der Waals surface area contributed by atoms with Gasteiger partial charge in [-0.2, -0.15) is 0 Å². The summed E-state index contributed by atoms with van der Waals surface area (Å²) in [6.07, 6.45) is 3.45. The van der Waals surface area contributed by atoms with Crippen LogP contribution in [0.5, 0.6) is 0 Å². The van der Waals surface area contributed by atoms with Gasteiger partial charge in [0.25, 0.3) is 5.91 Å². The van der Waals surface area contributed by atoms with Gasteiger partial charge in [0.2, 0.25) is 10.0 Å². The Morgan fingerprint density at radius 2 is 1.88 bits per heavy atom. The van der Waals surface area contributed by atoms with Gasteiger partial charge in [0, 0.05) is 38.9 Å². The summed E-state index contributed by atoms with van der Waals surface area (Å²) < 4.78 is 38.3. The van der Waals surface area contributed by atoms with E-state index in [0.717, 1.165) is 25.7 Å². The van der Waals surface area contributed by atoms with Crippen molar-refractivity contribution in [2.45, 2.75) is 36.7 Å². The summed E-state index contributed by atoms with van der Waals surface area (Å²) in [5, 5.41) is 0.